The first-order valence-corrected chi connectivity index (χ1v) is 23.5. The van der Waals surface area contributed by atoms with Crippen LogP contribution in [-0.2, 0) is 10.8 Å². The standard InChI is InChI=1S/C62H34N2O/c65-60-41-27-46-38(25-39(41)54-35-19-7-10-22-43(35)61(54)44-23-11-9-21-37(44)56(60)61)40-26-42-48-29-13-1-3-15-31(29)49(32-16-4-2-14-30(32)48)50(42)52-51-47(64(46)59(40)52)28-63-58-55-34-18-6-5-17-33(34)53-36-20-8-12-24-45(36)62(53,55)57(51)58/h1-28,48-49,53-56H. The van der Waals surface area contributed by atoms with Crippen molar-refractivity contribution < 1.29 is 4.79 Å². The van der Waals surface area contributed by atoms with Crippen LogP contribution in [0.5, 0.6) is 0 Å². The summed E-state index contributed by atoms with van der Waals surface area (Å²) in [6, 6.07) is 62.2. The molecule has 0 saturated heterocycles. The molecule has 3 heteroatoms. The van der Waals surface area contributed by atoms with Gasteiger partial charge in [-0.2, -0.15) is 0 Å². The van der Waals surface area contributed by atoms with E-state index in [1.54, 1.807) is 0 Å². The summed E-state index contributed by atoms with van der Waals surface area (Å²) >= 11 is 0. The fourth-order valence-corrected chi connectivity index (χ4v) is 17.0. The van der Waals surface area contributed by atoms with E-state index in [0.29, 0.717) is 5.92 Å². The van der Waals surface area contributed by atoms with Gasteiger partial charge in [-0.15, -0.1) is 0 Å². The largest absolute Gasteiger partial charge is 0.306 e. The number of aromatic nitrogens is 2. The third kappa shape index (κ3) is 2.91. The summed E-state index contributed by atoms with van der Waals surface area (Å²) in [5.41, 5.74) is 27.6. The number of ketones is 1. The molecule has 0 amide bonds. The molecule has 6 unspecified atom stereocenters. The van der Waals surface area contributed by atoms with Crippen molar-refractivity contribution in [3.8, 4) is 0 Å². The van der Waals surface area contributed by atoms with Gasteiger partial charge in [-0.3, -0.25) is 9.78 Å². The van der Waals surface area contributed by atoms with Gasteiger partial charge >= 0.3 is 0 Å². The molecule has 8 aromatic carbocycles. The number of carbonyl (C=O) groups is 1. The van der Waals surface area contributed by atoms with Gasteiger partial charge in [-0.05, 0) is 107 Å². The minimum absolute atomic E-state index is 0.108. The molecule has 3 aromatic heterocycles. The van der Waals surface area contributed by atoms with E-state index in [4.69, 9.17) is 4.98 Å². The maximum atomic E-state index is 15.4. The molecule has 0 fully saturated rings. The average molecular weight is 823 g/mol. The van der Waals surface area contributed by atoms with Crippen LogP contribution in [0.1, 0.15) is 141 Å². The molecule has 0 N–H and O–H groups in total. The number of benzene rings is 8. The van der Waals surface area contributed by atoms with E-state index in [-0.39, 0.29) is 46.2 Å². The number of hydrogen-bond donors (Lipinski definition) is 0. The summed E-state index contributed by atoms with van der Waals surface area (Å²) in [6.45, 7) is 0. The lowest BCUT2D eigenvalue weighted by atomic mass is 9.36. The molecule has 20 rings (SSSR count). The Kier molecular flexibility index (Phi) is 4.87. The van der Waals surface area contributed by atoms with Crippen molar-refractivity contribution in [1.82, 2.24) is 9.38 Å². The molecule has 2 bridgehead atoms. The van der Waals surface area contributed by atoms with Crippen molar-refractivity contribution in [2.75, 3.05) is 0 Å². The van der Waals surface area contributed by atoms with Gasteiger partial charge in [0, 0.05) is 67.5 Å². The van der Waals surface area contributed by atoms with Gasteiger partial charge in [0.2, 0.25) is 0 Å². The van der Waals surface area contributed by atoms with Crippen LogP contribution in [0.3, 0.4) is 0 Å². The van der Waals surface area contributed by atoms with Crippen molar-refractivity contribution in [3.05, 3.63) is 270 Å². The third-order valence-electron chi connectivity index (χ3n) is 18.8. The quantitative estimate of drug-likeness (QED) is 0.153. The first-order valence-electron chi connectivity index (χ1n) is 23.5. The highest BCUT2D eigenvalue weighted by Gasteiger charge is 2.72. The molecule has 6 atom stereocenters. The maximum absolute atomic E-state index is 15.4. The fourth-order valence-electron chi connectivity index (χ4n) is 17.0. The number of Topliss-reactive ketones (excluding diaryl/α,β-unsaturated/α-hetero) is 1. The Morgan fingerprint density at radius 2 is 0.938 bits per heavy atom. The number of hydrogen-bond acceptors (Lipinski definition) is 2. The molecule has 298 valence electrons. The van der Waals surface area contributed by atoms with Gasteiger partial charge < -0.3 is 4.40 Å². The van der Waals surface area contributed by atoms with Crippen LogP contribution in [0.4, 0.5) is 0 Å². The van der Waals surface area contributed by atoms with Crippen molar-refractivity contribution in [1.29, 1.82) is 0 Å². The van der Waals surface area contributed by atoms with Gasteiger partial charge in [0.05, 0.1) is 34.4 Å². The Morgan fingerprint density at radius 1 is 0.431 bits per heavy atom. The summed E-state index contributed by atoms with van der Waals surface area (Å²) in [7, 11) is 0. The van der Waals surface area contributed by atoms with Crippen molar-refractivity contribution in [2.24, 2.45) is 0 Å². The van der Waals surface area contributed by atoms with Crippen LogP contribution in [0, 0.1) is 0 Å². The molecule has 2 spiro atoms. The second-order valence-electron chi connectivity index (χ2n) is 20.6. The Morgan fingerprint density at radius 3 is 1.58 bits per heavy atom. The van der Waals surface area contributed by atoms with E-state index in [2.05, 4.69) is 174 Å². The van der Waals surface area contributed by atoms with Crippen LogP contribution >= 0.6 is 0 Å². The predicted molar refractivity (Wildman–Crippen MR) is 254 cm³/mol. The predicted octanol–water partition coefficient (Wildman–Crippen LogP) is 12.8. The number of pyridine rings is 1. The molecule has 9 aliphatic rings. The van der Waals surface area contributed by atoms with E-state index in [0.717, 1.165) is 11.1 Å². The topological polar surface area (TPSA) is 34.4 Å². The van der Waals surface area contributed by atoms with Crippen molar-refractivity contribution in [3.63, 3.8) is 0 Å². The molecule has 0 radical (unpaired) electrons. The zero-order valence-corrected chi connectivity index (χ0v) is 34.9. The number of nitrogens with zero attached hydrogens (tertiary/aromatic N) is 2. The molecule has 9 aliphatic carbocycles. The van der Waals surface area contributed by atoms with E-state index in [1.807, 2.05) is 0 Å². The summed E-state index contributed by atoms with van der Waals surface area (Å²) in [5, 5.41) is 5.32. The Hall–Kier alpha value is -7.62. The second kappa shape index (κ2) is 9.87. The fraction of sp³-hybridized carbons (Fsp3) is 0.129. The highest BCUT2D eigenvalue weighted by molar-refractivity contribution is 6.27. The summed E-state index contributed by atoms with van der Waals surface area (Å²) in [4.78, 5) is 21.0. The third-order valence-corrected chi connectivity index (χ3v) is 18.8. The van der Waals surface area contributed by atoms with Crippen molar-refractivity contribution in [2.45, 2.75) is 46.3 Å². The highest BCUT2D eigenvalue weighted by atomic mass is 16.1. The average Bonchev–Trinajstić information content (AvgIpc) is 3.91. The monoisotopic (exact) mass is 822 g/mol. The van der Waals surface area contributed by atoms with Gasteiger partial charge in [-0.25, -0.2) is 0 Å². The van der Waals surface area contributed by atoms with Crippen LogP contribution in [0.15, 0.2) is 170 Å². The summed E-state index contributed by atoms with van der Waals surface area (Å²) in [5.74, 6) is 0.984. The molecule has 3 nitrogen and oxygen atoms in total. The van der Waals surface area contributed by atoms with Gasteiger partial charge in [0.25, 0.3) is 0 Å². The van der Waals surface area contributed by atoms with Crippen LogP contribution in [-0.4, -0.2) is 15.2 Å². The van der Waals surface area contributed by atoms with E-state index in [9.17, 15) is 0 Å². The molecule has 11 aromatic rings. The van der Waals surface area contributed by atoms with E-state index < -0.39 is 0 Å². The first kappa shape index (κ1) is 32.1. The maximum Gasteiger partial charge on any atom is 0.171 e. The SMILES string of the molecule is O=C1c2cc3c(cc2C2c4ccccc4C24c2ccccc2C14)c1cc2c(c4c5c6c(ncc5n3c14)C1c3ccccc3C3c4ccccc4C631)C1c3ccccc3C2c2ccccc21. The first-order chi connectivity index (χ1) is 32.2. The number of carbonyl (C=O) groups excluding carboxylic acids is 1. The molecular weight excluding hydrogens is 789 g/mol. The highest BCUT2D eigenvalue weighted by Crippen LogP contribution is 2.79. The van der Waals surface area contributed by atoms with E-state index in [1.165, 1.54) is 127 Å². The minimum atomic E-state index is -0.305. The summed E-state index contributed by atoms with van der Waals surface area (Å²) in [6.07, 6.45) is 2.21. The molecule has 65 heavy (non-hydrogen) atoms. The van der Waals surface area contributed by atoms with Gasteiger partial charge in [0.1, 0.15) is 0 Å². The lowest BCUT2D eigenvalue weighted by molar-refractivity contribution is 0.0847. The van der Waals surface area contributed by atoms with Crippen LogP contribution in [0.2, 0.25) is 0 Å². The Labute approximate surface area is 373 Å². The van der Waals surface area contributed by atoms with E-state index >= 15 is 4.79 Å². The smallest absolute Gasteiger partial charge is 0.171 e. The zero-order chi connectivity index (χ0) is 41.6. The van der Waals surface area contributed by atoms with Crippen molar-refractivity contribution >= 4 is 43.9 Å². The molecule has 0 saturated carbocycles. The Bertz CT molecular complexity index is 4180. The van der Waals surface area contributed by atoms with Crippen LogP contribution in [0.25, 0.3) is 38.1 Å². The normalized spacial score (nSPS) is 27.2. The van der Waals surface area contributed by atoms with Gasteiger partial charge in [0.15, 0.2) is 5.78 Å². The van der Waals surface area contributed by atoms with Gasteiger partial charge in [-0.1, -0.05) is 146 Å². The minimum Gasteiger partial charge on any atom is -0.306 e. The number of rotatable bonds is 0. The molecular formula is C62H34N2O. The molecule has 0 aliphatic heterocycles. The molecule has 3 heterocycles. The second-order valence-corrected chi connectivity index (χ2v) is 20.6. The lowest BCUT2D eigenvalue weighted by Gasteiger charge is -2.64. The zero-order valence-electron chi connectivity index (χ0n) is 34.9. The lowest BCUT2D eigenvalue weighted by Crippen LogP contribution is -2.61. The summed E-state index contributed by atoms with van der Waals surface area (Å²) < 4.78 is 2.56. The Balaban J connectivity index is 0.990. The van der Waals surface area contributed by atoms with Crippen LogP contribution < -0.4 is 0 Å². The number of fused-ring (bicyclic) bond motifs is 20.